The largest absolute Gasteiger partial charge is 0.383 e. The lowest BCUT2D eigenvalue weighted by molar-refractivity contribution is 0.185. The fourth-order valence-electron chi connectivity index (χ4n) is 2.50. The Bertz CT molecular complexity index is 883. The smallest absolute Gasteiger partial charge is 0.264 e. The summed E-state index contributed by atoms with van der Waals surface area (Å²) in [4.78, 5) is 17.2. The molecule has 2 heterocycles. The van der Waals surface area contributed by atoms with Crippen LogP contribution in [0.5, 0.6) is 0 Å². The Hall–Kier alpha value is -2.54. The average Bonchev–Trinajstić information content (AvgIpc) is 2.98. The van der Waals surface area contributed by atoms with Gasteiger partial charge in [0.2, 0.25) is 0 Å². The van der Waals surface area contributed by atoms with Gasteiger partial charge >= 0.3 is 0 Å². The minimum atomic E-state index is -0.325. The molecule has 3 aromatic rings. The number of fused-ring (bicyclic) bond motifs is 1. The molecular weight excluding hydrogens is 299 g/mol. The lowest BCUT2D eigenvalue weighted by atomic mass is 10.3. The molecule has 0 N–H and O–H groups in total. The van der Waals surface area contributed by atoms with Crippen LogP contribution >= 0.6 is 0 Å². The van der Waals surface area contributed by atoms with E-state index in [4.69, 9.17) is 4.74 Å². The molecular formula is C16H17FN4O2. The molecule has 0 bridgehead atoms. The van der Waals surface area contributed by atoms with E-state index in [1.807, 2.05) is 6.92 Å². The Balaban J connectivity index is 2.19. The Kier molecular flexibility index (Phi) is 4.20. The molecule has 7 heteroatoms. The van der Waals surface area contributed by atoms with Gasteiger partial charge in [0.1, 0.15) is 17.0 Å². The number of hydrogen-bond donors (Lipinski definition) is 0. The van der Waals surface area contributed by atoms with Crippen LogP contribution in [0.1, 0.15) is 12.7 Å². The van der Waals surface area contributed by atoms with Crippen LogP contribution < -0.4 is 5.56 Å². The van der Waals surface area contributed by atoms with E-state index >= 15 is 0 Å². The van der Waals surface area contributed by atoms with E-state index < -0.39 is 0 Å². The Labute approximate surface area is 132 Å². The number of aromatic nitrogens is 4. The molecule has 2 aromatic heterocycles. The first-order chi connectivity index (χ1) is 11.2. The molecule has 0 unspecified atom stereocenters. The van der Waals surface area contributed by atoms with Gasteiger partial charge in [-0.3, -0.25) is 9.36 Å². The van der Waals surface area contributed by atoms with Crippen LogP contribution in [0.3, 0.4) is 0 Å². The molecule has 0 spiro atoms. The molecule has 3 rings (SSSR count). The predicted octanol–water partition coefficient (Wildman–Crippen LogP) is 1.93. The van der Waals surface area contributed by atoms with Crippen molar-refractivity contribution in [3.63, 3.8) is 0 Å². The topological polar surface area (TPSA) is 61.9 Å². The molecule has 120 valence electrons. The fourth-order valence-corrected chi connectivity index (χ4v) is 2.50. The van der Waals surface area contributed by atoms with Crippen LogP contribution in [0.4, 0.5) is 4.39 Å². The zero-order chi connectivity index (χ0) is 16.4. The Morgan fingerprint density at radius 1 is 1.26 bits per heavy atom. The van der Waals surface area contributed by atoms with Crippen LogP contribution in [-0.4, -0.2) is 33.0 Å². The molecule has 6 nitrogen and oxygen atoms in total. The summed E-state index contributed by atoms with van der Waals surface area (Å²) in [5, 5.41) is 4.67. The Morgan fingerprint density at radius 3 is 2.65 bits per heavy atom. The highest BCUT2D eigenvalue weighted by Gasteiger charge is 2.15. The van der Waals surface area contributed by atoms with Crippen LogP contribution in [0.15, 0.2) is 35.3 Å². The Morgan fingerprint density at radius 2 is 2.00 bits per heavy atom. The maximum absolute atomic E-state index is 13.1. The number of methoxy groups -OCH3 is 1. The fraction of sp³-hybridized carbons (Fsp3) is 0.312. The predicted molar refractivity (Wildman–Crippen MR) is 84.3 cm³/mol. The van der Waals surface area contributed by atoms with Gasteiger partial charge in [-0.2, -0.15) is 5.10 Å². The molecule has 0 aliphatic heterocycles. The minimum Gasteiger partial charge on any atom is -0.383 e. The minimum absolute atomic E-state index is 0.141. The SMILES string of the molecule is CCc1nc2c(cnn2-c2ccc(F)cc2)c(=O)n1CCOC. The third-order valence-electron chi connectivity index (χ3n) is 3.67. The first-order valence-corrected chi connectivity index (χ1v) is 7.38. The van der Waals surface area contributed by atoms with Crippen LogP contribution in [0.25, 0.3) is 16.7 Å². The summed E-state index contributed by atoms with van der Waals surface area (Å²) in [6, 6.07) is 5.91. The molecule has 1 aromatic carbocycles. The van der Waals surface area contributed by atoms with Gasteiger partial charge in [0.25, 0.3) is 5.56 Å². The molecule has 0 saturated heterocycles. The van der Waals surface area contributed by atoms with Crippen molar-refractivity contribution in [3.8, 4) is 5.69 Å². The number of benzene rings is 1. The van der Waals surface area contributed by atoms with Gasteiger partial charge in [-0.25, -0.2) is 14.1 Å². The van der Waals surface area contributed by atoms with E-state index in [0.717, 1.165) is 0 Å². The molecule has 0 aliphatic carbocycles. The lowest BCUT2D eigenvalue weighted by Crippen LogP contribution is -2.27. The van der Waals surface area contributed by atoms with Crippen molar-refractivity contribution in [2.45, 2.75) is 19.9 Å². The maximum Gasteiger partial charge on any atom is 0.264 e. The van der Waals surface area contributed by atoms with E-state index in [2.05, 4.69) is 10.1 Å². The van der Waals surface area contributed by atoms with Gasteiger partial charge in [-0.15, -0.1) is 0 Å². The number of hydrogen-bond acceptors (Lipinski definition) is 4. The third kappa shape index (κ3) is 2.75. The third-order valence-corrected chi connectivity index (χ3v) is 3.67. The molecule has 0 atom stereocenters. The second kappa shape index (κ2) is 6.29. The van der Waals surface area contributed by atoms with Gasteiger partial charge in [0.05, 0.1) is 25.0 Å². The number of rotatable bonds is 5. The van der Waals surface area contributed by atoms with Crippen molar-refractivity contribution < 1.29 is 9.13 Å². The van der Waals surface area contributed by atoms with Crippen molar-refractivity contribution in [2.24, 2.45) is 0 Å². The number of halogens is 1. The van der Waals surface area contributed by atoms with Crippen LogP contribution in [0, 0.1) is 5.82 Å². The van der Waals surface area contributed by atoms with Crippen LogP contribution in [0.2, 0.25) is 0 Å². The molecule has 0 saturated carbocycles. The first-order valence-electron chi connectivity index (χ1n) is 7.38. The summed E-state index contributed by atoms with van der Waals surface area (Å²) in [5.41, 5.74) is 0.995. The van der Waals surface area contributed by atoms with E-state index in [0.29, 0.717) is 42.1 Å². The molecule has 0 fully saturated rings. The van der Waals surface area contributed by atoms with Gasteiger partial charge in [0.15, 0.2) is 5.65 Å². The second-order valence-electron chi connectivity index (χ2n) is 5.10. The van der Waals surface area contributed by atoms with Gasteiger partial charge in [0, 0.05) is 13.5 Å². The lowest BCUT2D eigenvalue weighted by Gasteiger charge is -2.11. The zero-order valence-corrected chi connectivity index (χ0v) is 13.0. The van der Waals surface area contributed by atoms with E-state index in [-0.39, 0.29) is 11.4 Å². The summed E-state index contributed by atoms with van der Waals surface area (Å²) < 4.78 is 21.3. The second-order valence-corrected chi connectivity index (χ2v) is 5.10. The van der Waals surface area contributed by atoms with Crippen LogP contribution in [-0.2, 0) is 17.7 Å². The highest BCUT2D eigenvalue weighted by molar-refractivity contribution is 5.75. The van der Waals surface area contributed by atoms with Crippen molar-refractivity contribution in [1.29, 1.82) is 0 Å². The van der Waals surface area contributed by atoms with E-state index in [1.54, 1.807) is 28.5 Å². The molecule has 23 heavy (non-hydrogen) atoms. The summed E-state index contributed by atoms with van der Waals surface area (Å²) >= 11 is 0. The summed E-state index contributed by atoms with van der Waals surface area (Å²) in [5.74, 6) is 0.345. The maximum atomic E-state index is 13.1. The highest BCUT2D eigenvalue weighted by Crippen LogP contribution is 2.15. The highest BCUT2D eigenvalue weighted by atomic mass is 19.1. The standard InChI is InChI=1S/C16H17FN4O2/c1-3-14-19-15-13(16(22)20(14)8-9-23-2)10-18-21(15)12-6-4-11(17)5-7-12/h4-7,10H,3,8-9H2,1-2H3. The van der Waals surface area contributed by atoms with Gasteiger partial charge in [-0.05, 0) is 24.3 Å². The first kappa shape index (κ1) is 15.4. The van der Waals surface area contributed by atoms with E-state index in [9.17, 15) is 9.18 Å². The monoisotopic (exact) mass is 316 g/mol. The van der Waals surface area contributed by atoms with Crippen molar-refractivity contribution in [3.05, 3.63) is 52.5 Å². The molecule has 0 radical (unpaired) electrons. The van der Waals surface area contributed by atoms with Crippen molar-refractivity contribution in [2.75, 3.05) is 13.7 Å². The zero-order valence-electron chi connectivity index (χ0n) is 13.0. The van der Waals surface area contributed by atoms with Crippen molar-refractivity contribution >= 4 is 11.0 Å². The average molecular weight is 316 g/mol. The van der Waals surface area contributed by atoms with Gasteiger partial charge < -0.3 is 4.74 Å². The summed E-state index contributed by atoms with van der Waals surface area (Å²) in [7, 11) is 1.59. The number of aryl methyl sites for hydroxylation is 1. The van der Waals surface area contributed by atoms with Crippen molar-refractivity contribution in [1.82, 2.24) is 19.3 Å². The summed E-state index contributed by atoms with van der Waals surface area (Å²) in [6.07, 6.45) is 2.11. The summed E-state index contributed by atoms with van der Waals surface area (Å²) in [6.45, 7) is 2.82. The normalized spacial score (nSPS) is 11.3. The number of ether oxygens (including phenoxy) is 1. The van der Waals surface area contributed by atoms with E-state index in [1.165, 1.54) is 18.3 Å². The number of nitrogens with zero attached hydrogens (tertiary/aromatic N) is 4. The van der Waals surface area contributed by atoms with Gasteiger partial charge in [-0.1, -0.05) is 6.92 Å². The molecule has 0 aliphatic rings. The quantitative estimate of drug-likeness (QED) is 0.721. The molecule has 0 amide bonds.